The molecule has 3 rings (SSSR count). The molecule has 0 aromatic heterocycles. The predicted octanol–water partition coefficient (Wildman–Crippen LogP) is 3.32. The van der Waals surface area contributed by atoms with Crippen LogP contribution in [0.15, 0.2) is 24.3 Å². The van der Waals surface area contributed by atoms with Crippen LogP contribution in [0.4, 0.5) is 4.39 Å². The van der Waals surface area contributed by atoms with Crippen LogP contribution in [0.1, 0.15) is 56.6 Å². The molecule has 2 atom stereocenters. The molecule has 1 aliphatic carbocycles. The summed E-state index contributed by atoms with van der Waals surface area (Å²) in [6, 6.07) is 6.95. The van der Waals surface area contributed by atoms with E-state index >= 15 is 0 Å². The van der Waals surface area contributed by atoms with Gasteiger partial charge in [0.05, 0.1) is 6.04 Å². The molecule has 2 unspecified atom stereocenters. The van der Waals surface area contributed by atoms with Crippen LogP contribution in [0.2, 0.25) is 0 Å². The summed E-state index contributed by atoms with van der Waals surface area (Å²) >= 11 is 0. The summed E-state index contributed by atoms with van der Waals surface area (Å²) in [5.74, 6) is 0.190. The van der Waals surface area contributed by atoms with Gasteiger partial charge in [-0.15, -0.1) is 0 Å². The fraction of sp³-hybridized carbons (Fsp3) is 0.611. The van der Waals surface area contributed by atoms with E-state index in [-0.39, 0.29) is 23.8 Å². The second-order valence-electron chi connectivity index (χ2n) is 6.61. The average molecular weight is 304 g/mol. The van der Waals surface area contributed by atoms with Gasteiger partial charge in [-0.05, 0) is 44.2 Å². The first-order chi connectivity index (χ1) is 10.7. The van der Waals surface area contributed by atoms with Crippen LogP contribution in [-0.4, -0.2) is 18.5 Å². The van der Waals surface area contributed by atoms with E-state index in [2.05, 4.69) is 10.6 Å². The largest absolute Gasteiger partial charge is 0.349 e. The number of hydrogen-bond donors (Lipinski definition) is 2. The molecule has 0 spiro atoms. The van der Waals surface area contributed by atoms with Crippen molar-refractivity contribution in [3.63, 3.8) is 0 Å². The second-order valence-corrected chi connectivity index (χ2v) is 6.61. The Kier molecular flexibility index (Phi) is 5.08. The third kappa shape index (κ3) is 3.67. The molecular weight excluding hydrogens is 279 g/mol. The summed E-state index contributed by atoms with van der Waals surface area (Å²) in [7, 11) is 0. The molecule has 1 saturated heterocycles. The number of carbonyl (C=O) groups excluding carboxylic acids is 1. The molecule has 2 fully saturated rings. The average Bonchev–Trinajstić information content (AvgIpc) is 3.19. The molecule has 3 nitrogen and oxygen atoms in total. The smallest absolute Gasteiger partial charge is 0.222 e. The molecular formula is C18H25FN2O. The van der Waals surface area contributed by atoms with E-state index in [1.54, 1.807) is 6.07 Å². The Morgan fingerprint density at radius 1 is 1.23 bits per heavy atom. The summed E-state index contributed by atoms with van der Waals surface area (Å²) < 4.78 is 14.2. The number of halogens is 1. The predicted molar refractivity (Wildman–Crippen MR) is 84.9 cm³/mol. The normalized spacial score (nSPS) is 23.6. The maximum atomic E-state index is 14.2. The maximum Gasteiger partial charge on any atom is 0.222 e. The molecule has 2 aliphatic rings. The lowest BCUT2D eigenvalue weighted by Crippen LogP contribution is -2.37. The van der Waals surface area contributed by atoms with Crippen molar-refractivity contribution < 1.29 is 9.18 Å². The van der Waals surface area contributed by atoms with Gasteiger partial charge in [0.25, 0.3) is 0 Å². The van der Waals surface area contributed by atoms with Crippen molar-refractivity contribution in [1.29, 1.82) is 0 Å². The summed E-state index contributed by atoms with van der Waals surface area (Å²) in [5.41, 5.74) is 0.641. The molecule has 1 aliphatic heterocycles. The van der Waals surface area contributed by atoms with Crippen LogP contribution in [0.5, 0.6) is 0 Å². The van der Waals surface area contributed by atoms with E-state index in [1.165, 1.54) is 18.9 Å². The molecule has 1 amide bonds. The first-order valence-corrected chi connectivity index (χ1v) is 8.51. The molecule has 22 heavy (non-hydrogen) atoms. The Morgan fingerprint density at radius 3 is 2.68 bits per heavy atom. The fourth-order valence-electron chi connectivity index (χ4n) is 3.85. The lowest BCUT2D eigenvalue weighted by atomic mass is 9.91. The number of amides is 1. The summed E-state index contributed by atoms with van der Waals surface area (Å²) in [5, 5.41) is 6.47. The lowest BCUT2D eigenvalue weighted by Gasteiger charge is -2.26. The number of nitrogens with one attached hydrogen (secondary N) is 2. The Labute approximate surface area is 131 Å². The van der Waals surface area contributed by atoms with Crippen molar-refractivity contribution >= 4 is 5.91 Å². The van der Waals surface area contributed by atoms with Crippen LogP contribution >= 0.6 is 0 Å². The number of carbonyl (C=O) groups is 1. The van der Waals surface area contributed by atoms with Crippen molar-refractivity contribution in [2.45, 2.75) is 57.0 Å². The number of hydrogen-bond acceptors (Lipinski definition) is 2. The van der Waals surface area contributed by atoms with Crippen LogP contribution in [-0.2, 0) is 4.79 Å². The Morgan fingerprint density at radius 2 is 2.00 bits per heavy atom. The van der Waals surface area contributed by atoms with Gasteiger partial charge in [-0.1, -0.05) is 31.0 Å². The molecule has 0 bridgehead atoms. The van der Waals surface area contributed by atoms with Gasteiger partial charge in [0.15, 0.2) is 0 Å². The van der Waals surface area contributed by atoms with Crippen LogP contribution < -0.4 is 10.6 Å². The van der Waals surface area contributed by atoms with E-state index in [1.807, 2.05) is 12.1 Å². The highest BCUT2D eigenvalue weighted by Crippen LogP contribution is 2.36. The highest BCUT2D eigenvalue weighted by atomic mass is 19.1. The van der Waals surface area contributed by atoms with Crippen molar-refractivity contribution in [2.24, 2.45) is 5.92 Å². The van der Waals surface area contributed by atoms with Gasteiger partial charge in [-0.2, -0.15) is 0 Å². The summed E-state index contributed by atoms with van der Waals surface area (Å²) in [4.78, 5) is 12.4. The van der Waals surface area contributed by atoms with Gasteiger partial charge in [0, 0.05) is 18.0 Å². The minimum absolute atomic E-state index is 0.0413. The molecule has 4 heteroatoms. The first-order valence-electron chi connectivity index (χ1n) is 8.51. The van der Waals surface area contributed by atoms with Crippen LogP contribution in [0.3, 0.4) is 0 Å². The van der Waals surface area contributed by atoms with Gasteiger partial charge >= 0.3 is 0 Å². The zero-order valence-corrected chi connectivity index (χ0v) is 13.0. The minimum atomic E-state index is -0.210. The van der Waals surface area contributed by atoms with Crippen LogP contribution in [0.25, 0.3) is 0 Å². The zero-order chi connectivity index (χ0) is 15.4. The first kappa shape index (κ1) is 15.5. The monoisotopic (exact) mass is 304 g/mol. The molecule has 1 aromatic rings. The van der Waals surface area contributed by atoms with Gasteiger partial charge in [-0.3, -0.25) is 4.79 Å². The Hall–Kier alpha value is -1.42. The molecule has 1 heterocycles. The molecule has 0 radical (unpaired) electrons. The topological polar surface area (TPSA) is 41.1 Å². The molecule has 1 saturated carbocycles. The van der Waals surface area contributed by atoms with Crippen molar-refractivity contribution in [3.05, 3.63) is 35.6 Å². The SMILES string of the molecule is O=C(CC1CCCN1)NC(c1ccccc1F)C1CCCC1. The van der Waals surface area contributed by atoms with Gasteiger partial charge in [-0.25, -0.2) is 4.39 Å². The van der Waals surface area contributed by atoms with Crippen molar-refractivity contribution in [1.82, 2.24) is 10.6 Å². The fourth-order valence-corrected chi connectivity index (χ4v) is 3.85. The third-order valence-corrected chi connectivity index (χ3v) is 5.02. The van der Waals surface area contributed by atoms with E-state index in [4.69, 9.17) is 0 Å². The number of benzene rings is 1. The highest BCUT2D eigenvalue weighted by Gasteiger charge is 2.30. The van der Waals surface area contributed by atoms with Crippen LogP contribution in [0, 0.1) is 11.7 Å². The maximum absolute atomic E-state index is 14.2. The second kappa shape index (κ2) is 7.23. The number of rotatable bonds is 5. The molecule has 2 N–H and O–H groups in total. The molecule has 120 valence electrons. The van der Waals surface area contributed by atoms with Crippen molar-refractivity contribution in [3.8, 4) is 0 Å². The van der Waals surface area contributed by atoms with Gasteiger partial charge in [0.2, 0.25) is 5.91 Å². The van der Waals surface area contributed by atoms with Crippen molar-refractivity contribution in [2.75, 3.05) is 6.54 Å². The Balaban J connectivity index is 1.70. The Bertz CT molecular complexity index is 508. The third-order valence-electron chi connectivity index (χ3n) is 5.02. The summed E-state index contributed by atoms with van der Waals surface area (Å²) in [6.07, 6.45) is 7.18. The van der Waals surface area contributed by atoms with Gasteiger partial charge < -0.3 is 10.6 Å². The van der Waals surface area contributed by atoms with E-state index in [0.29, 0.717) is 17.9 Å². The standard InChI is InChI=1S/C18H25FN2O/c19-16-10-4-3-9-15(16)18(13-6-1-2-7-13)21-17(22)12-14-8-5-11-20-14/h3-4,9-10,13-14,18,20H,1-2,5-8,11-12H2,(H,21,22). The highest BCUT2D eigenvalue weighted by molar-refractivity contribution is 5.77. The van der Waals surface area contributed by atoms with E-state index in [0.717, 1.165) is 32.2 Å². The lowest BCUT2D eigenvalue weighted by molar-refractivity contribution is -0.122. The molecule has 1 aromatic carbocycles. The van der Waals surface area contributed by atoms with E-state index in [9.17, 15) is 9.18 Å². The minimum Gasteiger partial charge on any atom is -0.349 e. The van der Waals surface area contributed by atoms with Gasteiger partial charge in [0.1, 0.15) is 5.82 Å². The zero-order valence-electron chi connectivity index (χ0n) is 13.0. The quantitative estimate of drug-likeness (QED) is 0.876. The summed E-state index contributed by atoms with van der Waals surface area (Å²) in [6.45, 7) is 0.997. The van der Waals surface area contributed by atoms with E-state index < -0.39 is 0 Å².